The number of hydrogen-bond donors (Lipinski definition) is 3. The number of nitrogens with two attached hydrogens (primary N) is 1. The first kappa shape index (κ1) is 12.7. The highest BCUT2D eigenvalue weighted by atomic mass is 32.2. The zero-order valence-corrected chi connectivity index (χ0v) is 11.4. The third-order valence-electron chi connectivity index (χ3n) is 2.86. The number of thioether (sulfide) groups is 1. The van der Waals surface area contributed by atoms with Gasteiger partial charge in [-0.15, -0.1) is 11.8 Å². The summed E-state index contributed by atoms with van der Waals surface area (Å²) in [6, 6.07) is 5.78. The Labute approximate surface area is 118 Å². The van der Waals surface area contributed by atoms with Crippen molar-refractivity contribution in [1.29, 1.82) is 0 Å². The van der Waals surface area contributed by atoms with Crippen LogP contribution < -0.4 is 11.3 Å². The van der Waals surface area contributed by atoms with Crippen LogP contribution in [0.3, 0.4) is 0 Å². The summed E-state index contributed by atoms with van der Waals surface area (Å²) in [5.41, 5.74) is 6.82. The van der Waals surface area contributed by atoms with E-state index in [1.807, 2.05) is 18.2 Å². The monoisotopic (exact) mass is 287 g/mol. The zero-order valence-electron chi connectivity index (χ0n) is 10.6. The Balaban J connectivity index is 1.72. The molecule has 0 aliphatic rings. The number of rotatable bonds is 4. The third kappa shape index (κ3) is 2.67. The van der Waals surface area contributed by atoms with Crippen LogP contribution in [0.25, 0.3) is 11.0 Å². The van der Waals surface area contributed by atoms with E-state index < -0.39 is 0 Å². The number of nitrogens with zero attached hydrogens (tertiary/aromatic N) is 2. The van der Waals surface area contributed by atoms with E-state index in [9.17, 15) is 4.79 Å². The highest BCUT2D eigenvalue weighted by Crippen LogP contribution is 2.18. The average molecular weight is 287 g/mol. The van der Waals surface area contributed by atoms with E-state index >= 15 is 0 Å². The SMILES string of the molecule is Nc1nc2[nH]c(CCSc3ccncc3)cc2c(=O)[nH]1. The molecule has 7 heteroatoms. The van der Waals surface area contributed by atoms with Crippen LogP contribution in [0.4, 0.5) is 5.95 Å². The lowest BCUT2D eigenvalue weighted by Crippen LogP contribution is -2.09. The van der Waals surface area contributed by atoms with E-state index in [1.165, 1.54) is 4.90 Å². The van der Waals surface area contributed by atoms with Crippen molar-refractivity contribution in [1.82, 2.24) is 19.9 Å². The quantitative estimate of drug-likeness (QED) is 0.632. The van der Waals surface area contributed by atoms with Crippen molar-refractivity contribution in [3.8, 4) is 0 Å². The van der Waals surface area contributed by atoms with Crippen molar-refractivity contribution < 1.29 is 0 Å². The number of anilines is 1. The van der Waals surface area contributed by atoms with Crippen LogP contribution in [-0.4, -0.2) is 25.7 Å². The number of hydrogen-bond acceptors (Lipinski definition) is 5. The zero-order chi connectivity index (χ0) is 13.9. The van der Waals surface area contributed by atoms with Gasteiger partial charge in [-0.05, 0) is 24.6 Å². The van der Waals surface area contributed by atoms with Gasteiger partial charge in [-0.2, -0.15) is 4.98 Å². The van der Waals surface area contributed by atoms with Crippen LogP contribution in [-0.2, 0) is 6.42 Å². The van der Waals surface area contributed by atoms with E-state index in [2.05, 4.69) is 19.9 Å². The molecule has 3 aromatic heterocycles. The Morgan fingerprint density at radius 3 is 2.85 bits per heavy atom. The summed E-state index contributed by atoms with van der Waals surface area (Å²) in [6.07, 6.45) is 4.37. The molecule has 0 atom stereocenters. The van der Waals surface area contributed by atoms with Crippen LogP contribution in [0.2, 0.25) is 0 Å². The first-order valence-electron chi connectivity index (χ1n) is 6.12. The lowest BCUT2D eigenvalue weighted by molar-refractivity contribution is 1.07. The van der Waals surface area contributed by atoms with Gasteiger partial charge < -0.3 is 10.7 Å². The molecule has 0 saturated carbocycles. The molecule has 0 aliphatic heterocycles. The Morgan fingerprint density at radius 2 is 2.05 bits per heavy atom. The maximum Gasteiger partial charge on any atom is 0.261 e. The van der Waals surface area contributed by atoms with E-state index in [-0.39, 0.29) is 11.5 Å². The van der Waals surface area contributed by atoms with Gasteiger partial charge in [0.05, 0.1) is 5.39 Å². The van der Waals surface area contributed by atoms with Gasteiger partial charge in [0.25, 0.3) is 5.56 Å². The lowest BCUT2D eigenvalue weighted by atomic mass is 10.3. The molecular weight excluding hydrogens is 274 g/mol. The maximum absolute atomic E-state index is 11.7. The molecule has 20 heavy (non-hydrogen) atoms. The summed E-state index contributed by atoms with van der Waals surface area (Å²) in [5, 5.41) is 0.545. The first-order chi connectivity index (χ1) is 9.72. The standard InChI is InChI=1S/C13H13N5OS/c14-13-17-11-10(12(19)18-13)7-8(16-11)3-6-20-9-1-4-15-5-2-9/h1-2,4-5,7H,3,6H2,(H4,14,16,17,18,19). The van der Waals surface area contributed by atoms with Crippen molar-refractivity contribution in [2.45, 2.75) is 11.3 Å². The summed E-state index contributed by atoms with van der Waals surface area (Å²) in [7, 11) is 0. The van der Waals surface area contributed by atoms with Gasteiger partial charge in [-0.1, -0.05) is 0 Å². The predicted octanol–water partition coefficient (Wildman–Crippen LogP) is 1.56. The second-order valence-electron chi connectivity index (χ2n) is 4.29. The Morgan fingerprint density at radius 1 is 1.25 bits per heavy atom. The van der Waals surface area contributed by atoms with Gasteiger partial charge >= 0.3 is 0 Å². The fourth-order valence-corrected chi connectivity index (χ4v) is 2.81. The Kier molecular flexibility index (Phi) is 3.42. The molecule has 3 heterocycles. The van der Waals surface area contributed by atoms with Crippen molar-refractivity contribution in [2.24, 2.45) is 0 Å². The van der Waals surface area contributed by atoms with Gasteiger partial charge in [-0.25, -0.2) is 0 Å². The minimum absolute atomic E-state index is 0.127. The van der Waals surface area contributed by atoms with E-state index in [0.717, 1.165) is 17.9 Å². The minimum atomic E-state index is -0.211. The number of pyridine rings is 1. The second kappa shape index (κ2) is 5.38. The molecular formula is C13H13N5OS. The summed E-state index contributed by atoms with van der Waals surface area (Å²) in [6.45, 7) is 0. The molecule has 0 unspecified atom stereocenters. The minimum Gasteiger partial charge on any atom is -0.369 e. The van der Waals surface area contributed by atoms with Gasteiger partial charge in [0, 0.05) is 28.7 Å². The molecule has 0 fully saturated rings. The molecule has 0 aromatic carbocycles. The smallest absolute Gasteiger partial charge is 0.261 e. The highest BCUT2D eigenvalue weighted by Gasteiger charge is 2.06. The number of H-pyrrole nitrogens is 2. The van der Waals surface area contributed by atoms with Crippen LogP contribution in [0.15, 0.2) is 40.3 Å². The molecule has 6 nitrogen and oxygen atoms in total. The number of aromatic amines is 2. The van der Waals surface area contributed by atoms with Crippen molar-refractivity contribution in [2.75, 3.05) is 11.5 Å². The summed E-state index contributed by atoms with van der Waals surface area (Å²) in [4.78, 5) is 26.5. The molecule has 3 rings (SSSR count). The Bertz CT molecular complexity index is 780. The fourth-order valence-electron chi connectivity index (χ4n) is 1.94. The maximum atomic E-state index is 11.7. The number of nitrogens with one attached hydrogen (secondary N) is 2. The molecule has 3 aromatic rings. The third-order valence-corrected chi connectivity index (χ3v) is 3.87. The Hall–Kier alpha value is -2.28. The first-order valence-corrected chi connectivity index (χ1v) is 7.11. The topological polar surface area (TPSA) is 100 Å². The lowest BCUT2D eigenvalue weighted by Gasteiger charge is -1.99. The molecule has 0 radical (unpaired) electrons. The van der Waals surface area contributed by atoms with E-state index in [1.54, 1.807) is 24.2 Å². The van der Waals surface area contributed by atoms with Crippen LogP contribution in [0.5, 0.6) is 0 Å². The van der Waals surface area contributed by atoms with Gasteiger partial charge in [0.2, 0.25) is 5.95 Å². The van der Waals surface area contributed by atoms with Crippen molar-refractivity contribution >= 4 is 28.7 Å². The summed E-state index contributed by atoms with van der Waals surface area (Å²) in [5.74, 6) is 1.03. The number of aryl methyl sites for hydroxylation is 1. The fraction of sp³-hybridized carbons (Fsp3) is 0.154. The molecule has 102 valence electrons. The molecule has 0 bridgehead atoms. The molecule has 0 spiro atoms. The summed E-state index contributed by atoms with van der Waals surface area (Å²) < 4.78 is 0. The second-order valence-corrected chi connectivity index (χ2v) is 5.46. The largest absolute Gasteiger partial charge is 0.369 e. The molecule has 4 N–H and O–H groups in total. The average Bonchev–Trinajstić information content (AvgIpc) is 2.83. The molecule has 0 aliphatic carbocycles. The predicted molar refractivity (Wildman–Crippen MR) is 79.8 cm³/mol. The van der Waals surface area contributed by atoms with Crippen LogP contribution >= 0.6 is 11.8 Å². The van der Waals surface area contributed by atoms with Crippen molar-refractivity contribution in [3.05, 3.63) is 46.6 Å². The van der Waals surface area contributed by atoms with Crippen LogP contribution in [0, 0.1) is 0 Å². The molecule has 0 saturated heterocycles. The summed E-state index contributed by atoms with van der Waals surface area (Å²) >= 11 is 1.74. The number of nitrogen functional groups attached to an aromatic ring is 1. The van der Waals surface area contributed by atoms with Gasteiger partial charge in [0.1, 0.15) is 5.65 Å². The van der Waals surface area contributed by atoms with Crippen LogP contribution in [0.1, 0.15) is 5.69 Å². The van der Waals surface area contributed by atoms with Crippen molar-refractivity contribution in [3.63, 3.8) is 0 Å². The number of aromatic nitrogens is 4. The normalized spacial score (nSPS) is 11.0. The molecule has 0 amide bonds. The van der Waals surface area contributed by atoms with E-state index in [0.29, 0.717) is 11.0 Å². The van der Waals surface area contributed by atoms with E-state index in [4.69, 9.17) is 5.73 Å². The highest BCUT2D eigenvalue weighted by molar-refractivity contribution is 7.99. The number of fused-ring (bicyclic) bond motifs is 1. The van der Waals surface area contributed by atoms with Gasteiger partial charge in [0.15, 0.2) is 0 Å². The van der Waals surface area contributed by atoms with Gasteiger partial charge in [-0.3, -0.25) is 14.8 Å².